The summed E-state index contributed by atoms with van der Waals surface area (Å²) in [5.41, 5.74) is 0.476. The molecule has 124 valence electrons. The first-order valence-electron chi connectivity index (χ1n) is 7.65. The van der Waals surface area contributed by atoms with Gasteiger partial charge in [0.05, 0.1) is 26.0 Å². The molecule has 0 radical (unpaired) electrons. The number of carbonyl (C=O) groups excluding carboxylic acids is 2. The molecular weight excluding hydrogens is 300 g/mol. The molecule has 3 rings (SSSR count). The Balaban J connectivity index is 1.59. The van der Waals surface area contributed by atoms with Crippen molar-refractivity contribution in [2.24, 2.45) is 0 Å². The third-order valence-corrected chi connectivity index (χ3v) is 4.18. The zero-order chi connectivity index (χ0) is 16.3. The minimum atomic E-state index is -0.668. The molecule has 0 unspecified atom stereocenters. The maximum Gasteiger partial charge on any atom is 0.314 e. The van der Waals surface area contributed by atoms with Gasteiger partial charge in [-0.2, -0.15) is 0 Å². The zero-order valence-corrected chi connectivity index (χ0v) is 13.0. The van der Waals surface area contributed by atoms with E-state index in [9.17, 15) is 9.59 Å². The summed E-state index contributed by atoms with van der Waals surface area (Å²) in [4.78, 5) is 26.0. The smallest absolute Gasteiger partial charge is 0.314 e. The second kappa shape index (κ2) is 6.55. The van der Waals surface area contributed by atoms with Gasteiger partial charge in [-0.1, -0.05) is 12.1 Å². The first-order valence-corrected chi connectivity index (χ1v) is 7.65. The van der Waals surface area contributed by atoms with Crippen LogP contribution in [-0.4, -0.2) is 55.9 Å². The fourth-order valence-corrected chi connectivity index (χ4v) is 2.90. The predicted molar refractivity (Wildman–Crippen MR) is 82.1 cm³/mol. The molecule has 23 heavy (non-hydrogen) atoms. The molecule has 0 aliphatic carbocycles. The van der Waals surface area contributed by atoms with Crippen molar-refractivity contribution < 1.29 is 23.8 Å². The van der Waals surface area contributed by atoms with Gasteiger partial charge in [0.2, 0.25) is 0 Å². The first kappa shape index (κ1) is 15.8. The van der Waals surface area contributed by atoms with Crippen LogP contribution in [0.25, 0.3) is 0 Å². The molecule has 1 aromatic carbocycles. The maximum absolute atomic E-state index is 12.3. The van der Waals surface area contributed by atoms with Gasteiger partial charge in [-0.15, -0.1) is 0 Å². The minimum Gasteiger partial charge on any atom is -0.495 e. The average Bonchev–Trinajstić information content (AvgIpc) is 3.03. The van der Waals surface area contributed by atoms with E-state index in [0.717, 1.165) is 0 Å². The van der Waals surface area contributed by atoms with E-state index < -0.39 is 17.6 Å². The quantitative estimate of drug-likeness (QED) is 0.823. The van der Waals surface area contributed by atoms with E-state index in [1.54, 1.807) is 24.3 Å². The number of anilines is 1. The lowest BCUT2D eigenvalue weighted by Gasteiger charge is -2.37. The highest BCUT2D eigenvalue weighted by atomic mass is 16.7. The minimum absolute atomic E-state index is 0.443. The lowest BCUT2D eigenvalue weighted by atomic mass is 10.0. The summed E-state index contributed by atoms with van der Waals surface area (Å²) in [7, 11) is 1.51. The summed E-state index contributed by atoms with van der Waals surface area (Å²) < 4.78 is 16.4. The van der Waals surface area contributed by atoms with Crippen LogP contribution in [0.3, 0.4) is 0 Å². The van der Waals surface area contributed by atoms with Crippen molar-refractivity contribution in [1.82, 2.24) is 4.90 Å². The molecule has 2 saturated heterocycles. The van der Waals surface area contributed by atoms with Gasteiger partial charge in [0.25, 0.3) is 0 Å². The molecule has 2 aliphatic heterocycles. The highest BCUT2D eigenvalue weighted by molar-refractivity contribution is 6.39. The van der Waals surface area contributed by atoms with Crippen LogP contribution in [0, 0.1) is 0 Å². The standard InChI is InChI=1S/C16H20N2O5/c1-21-13-5-3-2-4-12(13)17-14(19)15(20)18-8-6-16(7-9-18)22-10-11-23-16/h2-5H,6-11H2,1H3,(H,17,19). The zero-order valence-electron chi connectivity index (χ0n) is 13.0. The van der Waals surface area contributed by atoms with Crippen molar-refractivity contribution in [1.29, 1.82) is 0 Å². The second-order valence-corrected chi connectivity index (χ2v) is 5.55. The summed E-state index contributed by atoms with van der Waals surface area (Å²) in [6.07, 6.45) is 1.17. The number of piperidine rings is 1. The molecule has 1 N–H and O–H groups in total. The molecular formula is C16H20N2O5. The third kappa shape index (κ3) is 3.30. The third-order valence-electron chi connectivity index (χ3n) is 4.18. The molecule has 2 heterocycles. The molecule has 0 bridgehead atoms. The number of nitrogens with zero attached hydrogens (tertiary/aromatic N) is 1. The Morgan fingerprint density at radius 1 is 1.17 bits per heavy atom. The van der Waals surface area contributed by atoms with Gasteiger partial charge in [0.1, 0.15) is 5.75 Å². The molecule has 0 atom stereocenters. The molecule has 2 aliphatic rings. The summed E-state index contributed by atoms with van der Waals surface area (Å²) >= 11 is 0. The predicted octanol–water partition coefficient (Wildman–Crippen LogP) is 0.999. The van der Waals surface area contributed by atoms with Crippen LogP contribution in [0.15, 0.2) is 24.3 Å². The van der Waals surface area contributed by atoms with Gasteiger partial charge >= 0.3 is 11.8 Å². The molecule has 0 saturated carbocycles. The second-order valence-electron chi connectivity index (χ2n) is 5.55. The Hall–Kier alpha value is -2.12. The van der Waals surface area contributed by atoms with Crippen LogP contribution in [-0.2, 0) is 19.1 Å². The number of para-hydroxylation sites is 2. The van der Waals surface area contributed by atoms with Crippen LogP contribution in [0.5, 0.6) is 5.75 Å². The van der Waals surface area contributed by atoms with E-state index in [4.69, 9.17) is 14.2 Å². The van der Waals surface area contributed by atoms with E-state index in [-0.39, 0.29) is 0 Å². The summed E-state index contributed by atoms with van der Waals surface area (Å²) in [6, 6.07) is 6.97. The number of carbonyl (C=O) groups is 2. The van der Waals surface area contributed by atoms with Gasteiger partial charge in [-0.05, 0) is 12.1 Å². The largest absolute Gasteiger partial charge is 0.495 e. The van der Waals surface area contributed by atoms with Crippen molar-refractivity contribution in [3.8, 4) is 5.75 Å². The Kier molecular flexibility index (Phi) is 4.49. The van der Waals surface area contributed by atoms with E-state index in [1.807, 2.05) is 0 Å². The van der Waals surface area contributed by atoms with Gasteiger partial charge in [-0.25, -0.2) is 0 Å². The SMILES string of the molecule is COc1ccccc1NC(=O)C(=O)N1CCC2(CC1)OCCO2. The summed E-state index contributed by atoms with van der Waals surface area (Å²) in [5.74, 6) is -1.27. The number of hydrogen-bond donors (Lipinski definition) is 1. The van der Waals surface area contributed by atoms with E-state index in [1.165, 1.54) is 12.0 Å². The van der Waals surface area contributed by atoms with Crippen LogP contribution in [0.2, 0.25) is 0 Å². The van der Waals surface area contributed by atoms with Gasteiger partial charge in [0, 0.05) is 25.9 Å². The summed E-state index contributed by atoms with van der Waals surface area (Å²) in [5, 5.41) is 2.60. The Morgan fingerprint density at radius 3 is 2.48 bits per heavy atom. The van der Waals surface area contributed by atoms with E-state index >= 15 is 0 Å². The lowest BCUT2D eigenvalue weighted by Crippen LogP contribution is -2.50. The van der Waals surface area contributed by atoms with Crippen LogP contribution >= 0.6 is 0 Å². The van der Waals surface area contributed by atoms with Crippen molar-refractivity contribution in [2.75, 3.05) is 38.7 Å². The van der Waals surface area contributed by atoms with E-state index in [2.05, 4.69) is 5.32 Å². The van der Waals surface area contributed by atoms with Crippen LogP contribution in [0.4, 0.5) is 5.69 Å². The summed E-state index contributed by atoms with van der Waals surface area (Å²) in [6.45, 7) is 2.06. The fourth-order valence-electron chi connectivity index (χ4n) is 2.90. The molecule has 7 heteroatoms. The highest BCUT2D eigenvalue weighted by Crippen LogP contribution is 2.31. The number of ether oxygens (including phenoxy) is 3. The molecule has 1 aromatic rings. The van der Waals surface area contributed by atoms with Crippen molar-refractivity contribution in [3.63, 3.8) is 0 Å². The molecule has 1 spiro atoms. The van der Waals surface area contributed by atoms with Crippen molar-refractivity contribution >= 4 is 17.5 Å². The van der Waals surface area contributed by atoms with Crippen molar-refractivity contribution in [3.05, 3.63) is 24.3 Å². The number of nitrogens with one attached hydrogen (secondary N) is 1. The monoisotopic (exact) mass is 320 g/mol. The van der Waals surface area contributed by atoms with Gasteiger partial charge in [0.15, 0.2) is 5.79 Å². The number of methoxy groups -OCH3 is 1. The molecule has 2 amide bonds. The van der Waals surface area contributed by atoms with Gasteiger partial charge < -0.3 is 24.4 Å². The number of rotatable bonds is 2. The Labute approximate surface area is 134 Å². The average molecular weight is 320 g/mol. The van der Waals surface area contributed by atoms with Crippen LogP contribution in [0.1, 0.15) is 12.8 Å². The number of hydrogen-bond acceptors (Lipinski definition) is 5. The molecule has 7 nitrogen and oxygen atoms in total. The topological polar surface area (TPSA) is 77.1 Å². The molecule has 0 aromatic heterocycles. The number of amides is 2. The Bertz CT molecular complexity index is 588. The van der Waals surface area contributed by atoms with Gasteiger partial charge in [-0.3, -0.25) is 9.59 Å². The van der Waals surface area contributed by atoms with Crippen LogP contribution < -0.4 is 10.1 Å². The molecule has 2 fully saturated rings. The highest BCUT2D eigenvalue weighted by Gasteiger charge is 2.41. The number of likely N-dealkylation sites (tertiary alicyclic amines) is 1. The fraction of sp³-hybridized carbons (Fsp3) is 0.500. The maximum atomic E-state index is 12.3. The Morgan fingerprint density at radius 2 is 1.83 bits per heavy atom. The van der Waals surface area contributed by atoms with E-state index in [0.29, 0.717) is 50.6 Å². The van der Waals surface area contributed by atoms with Crippen molar-refractivity contribution in [2.45, 2.75) is 18.6 Å². The first-order chi connectivity index (χ1) is 11.1. The lowest BCUT2D eigenvalue weighted by molar-refractivity contribution is -0.187. The normalized spacial score (nSPS) is 19.6. The number of benzene rings is 1.